The van der Waals surface area contributed by atoms with E-state index >= 15 is 0 Å². The molecule has 0 radical (unpaired) electrons. The Balaban J connectivity index is 2.04. The third kappa shape index (κ3) is 1.97. The minimum absolute atomic E-state index is 0.560. The number of nitrogens with one attached hydrogen (secondary N) is 1. The average Bonchev–Trinajstić information content (AvgIpc) is 2.44. The van der Waals surface area contributed by atoms with Gasteiger partial charge in [0, 0.05) is 18.0 Å². The van der Waals surface area contributed by atoms with Gasteiger partial charge in [-0.05, 0) is 46.3 Å². The minimum Gasteiger partial charge on any atom is -0.316 e. The molecule has 0 unspecified atom stereocenters. The normalized spacial score (nSPS) is 19.8. The van der Waals surface area contributed by atoms with Gasteiger partial charge in [-0.2, -0.15) is 0 Å². The summed E-state index contributed by atoms with van der Waals surface area (Å²) in [6.07, 6.45) is 2.53. The summed E-state index contributed by atoms with van der Waals surface area (Å²) in [7, 11) is 0. The zero-order valence-corrected chi connectivity index (χ0v) is 10.2. The number of hydrogen-bond donors (Lipinski definition) is 1. The summed E-state index contributed by atoms with van der Waals surface area (Å²) >= 11 is 5.37. The van der Waals surface area contributed by atoms with Crippen molar-refractivity contribution in [1.82, 2.24) is 5.32 Å². The zero-order valence-electron chi connectivity index (χ0n) is 7.77. The lowest BCUT2D eigenvalue weighted by Gasteiger charge is -2.42. The molecule has 1 aliphatic rings. The van der Waals surface area contributed by atoms with Crippen LogP contribution in [0, 0.1) is 5.41 Å². The fourth-order valence-corrected chi connectivity index (χ4v) is 3.45. The van der Waals surface area contributed by atoms with E-state index in [1.165, 1.54) is 34.6 Å². The van der Waals surface area contributed by atoms with Crippen molar-refractivity contribution in [1.29, 1.82) is 0 Å². The van der Waals surface area contributed by atoms with Crippen LogP contribution in [0.4, 0.5) is 0 Å². The van der Waals surface area contributed by atoms with Crippen LogP contribution >= 0.6 is 27.3 Å². The molecule has 2 rings (SSSR count). The molecule has 1 N–H and O–H groups in total. The highest BCUT2D eigenvalue weighted by atomic mass is 79.9. The summed E-state index contributed by atoms with van der Waals surface area (Å²) in [6, 6.07) is 4.39. The summed E-state index contributed by atoms with van der Waals surface area (Å²) in [5.74, 6) is 0. The summed E-state index contributed by atoms with van der Waals surface area (Å²) < 4.78 is 1.25. The van der Waals surface area contributed by atoms with Crippen molar-refractivity contribution in [3.8, 4) is 0 Å². The predicted molar refractivity (Wildman–Crippen MR) is 61.3 cm³/mol. The Labute approximate surface area is 91.7 Å². The van der Waals surface area contributed by atoms with Gasteiger partial charge in [0.05, 0.1) is 3.79 Å². The highest BCUT2D eigenvalue weighted by Gasteiger charge is 2.35. The van der Waals surface area contributed by atoms with Crippen molar-refractivity contribution in [2.24, 2.45) is 5.41 Å². The van der Waals surface area contributed by atoms with E-state index in [2.05, 4.69) is 40.3 Å². The van der Waals surface area contributed by atoms with Gasteiger partial charge in [0.15, 0.2) is 0 Å². The quantitative estimate of drug-likeness (QED) is 0.880. The van der Waals surface area contributed by atoms with Crippen LogP contribution in [0.2, 0.25) is 0 Å². The van der Waals surface area contributed by atoms with Gasteiger partial charge in [-0.15, -0.1) is 11.3 Å². The first-order valence-corrected chi connectivity index (χ1v) is 6.30. The van der Waals surface area contributed by atoms with Crippen molar-refractivity contribution in [3.63, 3.8) is 0 Å². The van der Waals surface area contributed by atoms with E-state index in [0.717, 1.165) is 0 Å². The summed E-state index contributed by atoms with van der Waals surface area (Å²) in [6.45, 7) is 4.68. The molecule has 0 saturated carbocycles. The molecule has 3 heteroatoms. The first-order valence-electron chi connectivity index (χ1n) is 4.69. The maximum Gasteiger partial charge on any atom is 0.0701 e. The van der Waals surface area contributed by atoms with Gasteiger partial charge in [-0.1, -0.05) is 6.92 Å². The molecule has 1 aliphatic heterocycles. The molecular formula is C10H14BrNS. The van der Waals surface area contributed by atoms with Crippen LogP contribution in [0.15, 0.2) is 15.9 Å². The highest BCUT2D eigenvalue weighted by Crippen LogP contribution is 2.34. The minimum atomic E-state index is 0.560. The molecule has 0 atom stereocenters. The Bertz CT molecular complexity index is 285. The summed E-state index contributed by atoms with van der Waals surface area (Å²) in [5, 5.41) is 3.37. The SMILES string of the molecule is CCC1(Cc2ccc(Br)s2)CNC1. The Hall–Kier alpha value is 0.140. The van der Waals surface area contributed by atoms with Crippen molar-refractivity contribution in [3.05, 3.63) is 20.8 Å². The second-order valence-corrected chi connectivity index (χ2v) is 6.39. The van der Waals surface area contributed by atoms with E-state index in [4.69, 9.17) is 0 Å². The molecule has 0 aliphatic carbocycles. The van der Waals surface area contributed by atoms with Gasteiger partial charge in [-0.25, -0.2) is 0 Å². The van der Waals surface area contributed by atoms with Crippen LogP contribution in [-0.4, -0.2) is 13.1 Å². The molecule has 1 saturated heterocycles. The van der Waals surface area contributed by atoms with Gasteiger partial charge >= 0.3 is 0 Å². The largest absolute Gasteiger partial charge is 0.316 e. The van der Waals surface area contributed by atoms with Crippen molar-refractivity contribution in [2.75, 3.05) is 13.1 Å². The molecule has 1 aromatic heterocycles. The Kier molecular flexibility index (Phi) is 2.77. The van der Waals surface area contributed by atoms with E-state index < -0.39 is 0 Å². The van der Waals surface area contributed by atoms with Crippen molar-refractivity contribution < 1.29 is 0 Å². The summed E-state index contributed by atoms with van der Waals surface area (Å²) in [5.41, 5.74) is 0.560. The molecule has 1 fully saturated rings. The monoisotopic (exact) mass is 259 g/mol. The van der Waals surface area contributed by atoms with Gasteiger partial charge < -0.3 is 5.32 Å². The zero-order chi connectivity index (χ0) is 9.31. The van der Waals surface area contributed by atoms with Crippen LogP contribution in [0.1, 0.15) is 18.2 Å². The fraction of sp³-hybridized carbons (Fsp3) is 0.600. The van der Waals surface area contributed by atoms with Crippen molar-refractivity contribution >= 4 is 27.3 Å². The molecule has 0 bridgehead atoms. The van der Waals surface area contributed by atoms with E-state index in [1.807, 2.05) is 11.3 Å². The molecule has 0 aromatic carbocycles. The second kappa shape index (κ2) is 3.71. The third-order valence-electron chi connectivity index (χ3n) is 2.93. The van der Waals surface area contributed by atoms with Crippen molar-refractivity contribution in [2.45, 2.75) is 19.8 Å². The maximum atomic E-state index is 3.50. The maximum absolute atomic E-state index is 3.50. The Morgan fingerprint density at radius 1 is 1.54 bits per heavy atom. The first kappa shape index (κ1) is 9.69. The lowest BCUT2D eigenvalue weighted by Crippen LogP contribution is -2.54. The second-order valence-electron chi connectivity index (χ2n) is 3.84. The number of thiophene rings is 1. The average molecular weight is 260 g/mol. The third-order valence-corrected chi connectivity index (χ3v) is 4.55. The topological polar surface area (TPSA) is 12.0 Å². The molecule has 0 amide bonds. The van der Waals surface area contributed by atoms with Gasteiger partial charge in [-0.3, -0.25) is 0 Å². The molecule has 13 heavy (non-hydrogen) atoms. The number of rotatable bonds is 3. The predicted octanol–water partition coefficient (Wildman–Crippen LogP) is 3.05. The molecule has 1 aromatic rings. The fourth-order valence-electron chi connectivity index (χ4n) is 1.79. The molecule has 72 valence electrons. The smallest absolute Gasteiger partial charge is 0.0701 e. The van der Waals surface area contributed by atoms with Crippen LogP contribution in [-0.2, 0) is 6.42 Å². The lowest BCUT2D eigenvalue weighted by atomic mass is 9.76. The van der Waals surface area contributed by atoms with E-state index in [0.29, 0.717) is 5.41 Å². The molecule has 2 heterocycles. The van der Waals surface area contributed by atoms with Crippen LogP contribution in [0.5, 0.6) is 0 Å². The highest BCUT2D eigenvalue weighted by molar-refractivity contribution is 9.11. The molecule has 1 nitrogen and oxygen atoms in total. The van der Waals surface area contributed by atoms with E-state index in [-0.39, 0.29) is 0 Å². The van der Waals surface area contributed by atoms with Crippen LogP contribution < -0.4 is 5.32 Å². The Morgan fingerprint density at radius 3 is 2.69 bits per heavy atom. The summed E-state index contributed by atoms with van der Waals surface area (Å²) in [4.78, 5) is 1.51. The first-order chi connectivity index (χ1) is 6.24. The van der Waals surface area contributed by atoms with Crippen LogP contribution in [0.3, 0.4) is 0 Å². The lowest BCUT2D eigenvalue weighted by molar-refractivity contribution is 0.161. The van der Waals surface area contributed by atoms with Gasteiger partial charge in [0.2, 0.25) is 0 Å². The van der Waals surface area contributed by atoms with E-state index in [9.17, 15) is 0 Å². The molecular weight excluding hydrogens is 246 g/mol. The number of hydrogen-bond acceptors (Lipinski definition) is 2. The van der Waals surface area contributed by atoms with Crippen LogP contribution in [0.25, 0.3) is 0 Å². The van der Waals surface area contributed by atoms with E-state index in [1.54, 1.807) is 0 Å². The standard InChI is InChI=1S/C10H14BrNS/c1-2-10(6-12-7-10)5-8-3-4-9(11)13-8/h3-4,12H,2,5-7H2,1H3. The Morgan fingerprint density at radius 2 is 2.31 bits per heavy atom. The van der Waals surface area contributed by atoms with Gasteiger partial charge in [0.25, 0.3) is 0 Å². The molecule has 0 spiro atoms. The number of halogens is 1. The van der Waals surface area contributed by atoms with Gasteiger partial charge in [0.1, 0.15) is 0 Å².